The van der Waals surface area contributed by atoms with E-state index in [-0.39, 0.29) is 17.3 Å². The highest BCUT2D eigenvalue weighted by molar-refractivity contribution is 5.93. The number of rotatable bonds is 5. The van der Waals surface area contributed by atoms with Crippen molar-refractivity contribution in [2.45, 2.75) is 6.54 Å². The van der Waals surface area contributed by atoms with Crippen LogP contribution in [0.1, 0.15) is 15.9 Å². The standard InChI is InChI=1S/C19H14F2N2O2/c20-15-4-8-17(9-5-15)25-16-6-1-13(2-7-16)11-23-19(24)14-3-10-18(21)22-12-14/h1-10,12H,11H2,(H,23,24). The van der Waals surface area contributed by atoms with Gasteiger partial charge < -0.3 is 10.1 Å². The maximum absolute atomic E-state index is 12.9. The van der Waals surface area contributed by atoms with Crippen molar-refractivity contribution < 1.29 is 18.3 Å². The first kappa shape index (κ1) is 16.6. The van der Waals surface area contributed by atoms with Gasteiger partial charge in [0.25, 0.3) is 5.91 Å². The van der Waals surface area contributed by atoms with Crippen LogP contribution in [0, 0.1) is 11.8 Å². The summed E-state index contributed by atoms with van der Waals surface area (Å²) in [5.74, 6) is -0.155. The van der Waals surface area contributed by atoms with E-state index in [0.717, 1.165) is 11.6 Å². The Hall–Kier alpha value is -3.28. The Labute approximate surface area is 143 Å². The monoisotopic (exact) mass is 340 g/mol. The van der Waals surface area contributed by atoms with Crippen LogP contribution < -0.4 is 10.1 Å². The van der Waals surface area contributed by atoms with Gasteiger partial charge in [0.15, 0.2) is 0 Å². The second-order valence-corrected chi connectivity index (χ2v) is 5.25. The number of hydrogen-bond acceptors (Lipinski definition) is 3. The van der Waals surface area contributed by atoms with E-state index in [1.165, 1.54) is 24.4 Å². The van der Waals surface area contributed by atoms with E-state index in [4.69, 9.17) is 4.74 Å². The van der Waals surface area contributed by atoms with Gasteiger partial charge in [-0.25, -0.2) is 9.37 Å². The third-order valence-electron chi connectivity index (χ3n) is 3.42. The summed E-state index contributed by atoms with van der Waals surface area (Å²) in [6.45, 7) is 0.313. The number of hydrogen-bond donors (Lipinski definition) is 1. The van der Waals surface area contributed by atoms with Crippen LogP contribution in [0.2, 0.25) is 0 Å². The minimum atomic E-state index is -0.631. The largest absolute Gasteiger partial charge is 0.457 e. The molecule has 0 aliphatic heterocycles. The number of pyridine rings is 1. The zero-order valence-corrected chi connectivity index (χ0v) is 13.1. The quantitative estimate of drug-likeness (QED) is 0.712. The average molecular weight is 340 g/mol. The number of ether oxygens (including phenoxy) is 1. The molecule has 126 valence electrons. The number of aromatic nitrogens is 1. The first-order valence-electron chi connectivity index (χ1n) is 7.52. The summed E-state index contributed by atoms with van der Waals surface area (Å²) in [6, 6.07) is 15.4. The van der Waals surface area contributed by atoms with Crippen LogP contribution in [0.15, 0.2) is 66.9 Å². The fraction of sp³-hybridized carbons (Fsp3) is 0.0526. The topological polar surface area (TPSA) is 51.2 Å². The Morgan fingerprint density at radius 3 is 2.16 bits per heavy atom. The molecule has 1 amide bonds. The summed E-state index contributed by atoms with van der Waals surface area (Å²) in [4.78, 5) is 15.4. The fourth-order valence-electron chi connectivity index (χ4n) is 2.11. The Kier molecular flexibility index (Phi) is 4.99. The highest BCUT2D eigenvalue weighted by Gasteiger charge is 2.06. The van der Waals surface area contributed by atoms with Gasteiger partial charge in [0, 0.05) is 12.7 Å². The number of carbonyl (C=O) groups is 1. The molecule has 2 aromatic carbocycles. The van der Waals surface area contributed by atoms with E-state index in [2.05, 4.69) is 10.3 Å². The molecule has 1 aromatic heterocycles. The lowest BCUT2D eigenvalue weighted by atomic mass is 10.2. The van der Waals surface area contributed by atoms with Crippen molar-refractivity contribution >= 4 is 5.91 Å². The van der Waals surface area contributed by atoms with Gasteiger partial charge in [0.1, 0.15) is 17.3 Å². The van der Waals surface area contributed by atoms with Crippen LogP contribution in [-0.4, -0.2) is 10.9 Å². The summed E-state index contributed by atoms with van der Waals surface area (Å²) in [7, 11) is 0. The molecular weight excluding hydrogens is 326 g/mol. The molecule has 1 heterocycles. The number of carbonyl (C=O) groups excluding carboxylic acids is 1. The van der Waals surface area contributed by atoms with Crippen LogP contribution in [0.3, 0.4) is 0 Å². The second-order valence-electron chi connectivity index (χ2n) is 5.25. The molecule has 1 N–H and O–H groups in total. The average Bonchev–Trinajstić information content (AvgIpc) is 2.63. The Morgan fingerprint density at radius 2 is 1.56 bits per heavy atom. The van der Waals surface area contributed by atoms with Crippen LogP contribution in [-0.2, 0) is 6.54 Å². The number of nitrogens with one attached hydrogen (secondary N) is 1. The van der Waals surface area contributed by atoms with Gasteiger partial charge in [-0.05, 0) is 54.1 Å². The lowest BCUT2D eigenvalue weighted by molar-refractivity contribution is 0.0950. The van der Waals surface area contributed by atoms with Gasteiger partial charge in [-0.2, -0.15) is 4.39 Å². The maximum atomic E-state index is 12.9. The third kappa shape index (κ3) is 4.60. The number of nitrogens with zero attached hydrogens (tertiary/aromatic N) is 1. The molecular formula is C19H14F2N2O2. The molecule has 0 unspecified atom stereocenters. The predicted octanol–water partition coefficient (Wildman–Crippen LogP) is 4.08. The highest BCUT2D eigenvalue weighted by Crippen LogP contribution is 2.21. The van der Waals surface area contributed by atoms with Crippen molar-refractivity contribution in [1.29, 1.82) is 0 Å². The SMILES string of the molecule is O=C(NCc1ccc(Oc2ccc(F)cc2)cc1)c1ccc(F)nc1. The Balaban J connectivity index is 1.56. The first-order valence-corrected chi connectivity index (χ1v) is 7.52. The Morgan fingerprint density at radius 1 is 0.920 bits per heavy atom. The summed E-state index contributed by atoms with van der Waals surface area (Å²) in [6.07, 6.45) is 1.18. The van der Waals surface area contributed by atoms with Crippen LogP contribution >= 0.6 is 0 Å². The van der Waals surface area contributed by atoms with Crippen molar-refractivity contribution in [1.82, 2.24) is 10.3 Å². The molecule has 0 spiro atoms. The first-order chi connectivity index (χ1) is 12.1. The number of amides is 1. The second kappa shape index (κ2) is 7.53. The van der Waals surface area contributed by atoms with Crippen molar-refractivity contribution in [3.8, 4) is 11.5 Å². The summed E-state index contributed by atoms with van der Waals surface area (Å²) in [5.41, 5.74) is 1.16. The van der Waals surface area contributed by atoms with Gasteiger partial charge in [0.05, 0.1) is 5.56 Å². The molecule has 0 saturated carbocycles. The van der Waals surface area contributed by atoms with E-state index in [1.54, 1.807) is 24.3 Å². The van der Waals surface area contributed by atoms with E-state index < -0.39 is 5.95 Å². The van der Waals surface area contributed by atoms with E-state index in [0.29, 0.717) is 18.0 Å². The van der Waals surface area contributed by atoms with Gasteiger partial charge in [0.2, 0.25) is 5.95 Å². The molecule has 25 heavy (non-hydrogen) atoms. The molecule has 0 radical (unpaired) electrons. The molecule has 0 aliphatic rings. The molecule has 0 atom stereocenters. The van der Waals surface area contributed by atoms with Crippen molar-refractivity contribution in [2.75, 3.05) is 0 Å². The lowest BCUT2D eigenvalue weighted by Crippen LogP contribution is -2.22. The third-order valence-corrected chi connectivity index (χ3v) is 3.42. The van der Waals surface area contributed by atoms with Gasteiger partial charge >= 0.3 is 0 Å². The smallest absolute Gasteiger partial charge is 0.253 e. The minimum absolute atomic E-state index is 0.290. The molecule has 3 rings (SSSR count). The summed E-state index contributed by atoms with van der Waals surface area (Å²) >= 11 is 0. The molecule has 6 heteroatoms. The van der Waals surface area contributed by atoms with Crippen molar-refractivity contribution in [3.63, 3.8) is 0 Å². The van der Waals surface area contributed by atoms with Gasteiger partial charge in [-0.1, -0.05) is 12.1 Å². The molecule has 0 saturated heterocycles. The minimum Gasteiger partial charge on any atom is -0.457 e. The van der Waals surface area contributed by atoms with Crippen LogP contribution in [0.25, 0.3) is 0 Å². The summed E-state index contributed by atoms with van der Waals surface area (Å²) < 4.78 is 31.2. The zero-order valence-electron chi connectivity index (χ0n) is 13.1. The molecule has 3 aromatic rings. The highest BCUT2D eigenvalue weighted by atomic mass is 19.1. The zero-order chi connectivity index (χ0) is 17.6. The van der Waals surface area contributed by atoms with E-state index >= 15 is 0 Å². The van der Waals surface area contributed by atoms with Crippen LogP contribution in [0.4, 0.5) is 8.78 Å². The van der Waals surface area contributed by atoms with Gasteiger partial charge in [-0.3, -0.25) is 4.79 Å². The summed E-state index contributed by atoms with van der Waals surface area (Å²) in [5, 5.41) is 2.73. The maximum Gasteiger partial charge on any atom is 0.253 e. The predicted molar refractivity (Wildman–Crippen MR) is 88.3 cm³/mol. The normalized spacial score (nSPS) is 10.3. The number of halogens is 2. The Bertz CT molecular complexity index is 848. The molecule has 0 fully saturated rings. The number of benzene rings is 2. The molecule has 0 aliphatic carbocycles. The lowest BCUT2D eigenvalue weighted by Gasteiger charge is -2.08. The van der Waals surface area contributed by atoms with Gasteiger partial charge in [-0.15, -0.1) is 0 Å². The fourth-order valence-corrected chi connectivity index (χ4v) is 2.11. The van der Waals surface area contributed by atoms with Crippen LogP contribution in [0.5, 0.6) is 11.5 Å². The molecule has 0 bridgehead atoms. The van der Waals surface area contributed by atoms with E-state index in [9.17, 15) is 13.6 Å². The van der Waals surface area contributed by atoms with E-state index in [1.807, 2.05) is 12.1 Å². The van der Waals surface area contributed by atoms with Crippen molar-refractivity contribution in [2.24, 2.45) is 0 Å². The molecule has 4 nitrogen and oxygen atoms in total. The van der Waals surface area contributed by atoms with Crippen molar-refractivity contribution in [3.05, 3.63) is 89.8 Å².